The molecule has 156 valence electrons. The van der Waals surface area contributed by atoms with Crippen LogP contribution in [0.1, 0.15) is 42.3 Å². The zero-order valence-corrected chi connectivity index (χ0v) is 18.3. The number of amides is 2. The van der Waals surface area contributed by atoms with Gasteiger partial charge in [0.1, 0.15) is 6.04 Å². The third-order valence-electron chi connectivity index (χ3n) is 5.01. The summed E-state index contributed by atoms with van der Waals surface area (Å²) in [7, 11) is 4.02. The van der Waals surface area contributed by atoms with Crippen molar-refractivity contribution in [2.24, 2.45) is 5.92 Å². The van der Waals surface area contributed by atoms with E-state index in [1.165, 1.54) is 0 Å². The molecule has 0 heterocycles. The first kappa shape index (κ1) is 22.5. The lowest BCUT2D eigenvalue weighted by Crippen LogP contribution is -2.52. The van der Waals surface area contributed by atoms with Gasteiger partial charge in [0.15, 0.2) is 0 Å². The molecule has 2 N–H and O–H groups in total. The van der Waals surface area contributed by atoms with E-state index in [4.69, 9.17) is 0 Å². The molecular weight excluding hydrogens is 362 g/mol. The van der Waals surface area contributed by atoms with E-state index in [1.807, 2.05) is 60.0 Å². The molecule has 0 saturated heterocycles. The van der Waals surface area contributed by atoms with E-state index in [2.05, 4.69) is 39.8 Å². The maximum atomic E-state index is 12.8. The second-order valence-corrected chi connectivity index (χ2v) is 8.18. The van der Waals surface area contributed by atoms with Gasteiger partial charge >= 0.3 is 0 Å². The zero-order chi connectivity index (χ0) is 21.6. The lowest BCUT2D eigenvalue weighted by molar-refractivity contribution is -0.124. The fourth-order valence-electron chi connectivity index (χ4n) is 3.25. The molecule has 2 unspecified atom stereocenters. The first-order valence-electron chi connectivity index (χ1n) is 10.1. The van der Waals surface area contributed by atoms with Gasteiger partial charge in [-0.3, -0.25) is 9.59 Å². The van der Waals surface area contributed by atoms with Crippen LogP contribution in [0.3, 0.4) is 0 Å². The summed E-state index contributed by atoms with van der Waals surface area (Å²) < 4.78 is 0. The highest BCUT2D eigenvalue weighted by atomic mass is 16.2. The molecule has 5 nitrogen and oxygen atoms in total. The molecular formula is C24H33N3O2. The Bertz CT molecular complexity index is 828. The van der Waals surface area contributed by atoms with E-state index < -0.39 is 6.04 Å². The van der Waals surface area contributed by atoms with Gasteiger partial charge in [0, 0.05) is 31.4 Å². The molecule has 0 radical (unpaired) electrons. The smallest absolute Gasteiger partial charge is 0.252 e. The number of nitrogens with zero attached hydrogens (tertiary/aromatic N) is 1. The summed E-state index contributed by atoms with van der Waals surface area (Å²) in [6, 6.07) is 15.1. The minimum absolute atomic E-state index is 0.0189. The van der Waals surface area contributed by atoms with Crippen LogP contribution in [0, 0.1) is 12.8 Å². The molecule has 29 heavy (non-hydrogen) atoms. The van der Waals surface area contributed by atoms with Gasteiger partial charge in [-0.05, 0) is 55.5 Å². The minimum atomic E-state index is -0.583. The van der Waals surface area contributed by atoms with E-state index >= 15 is 0 Å². The average molecular weight is 396 g/mol. The molecule has 2 amide bonds. The van der Waals surface area contributed by atoms with E-state index in [0.717, 1.165) is 23.2 Å². The molecule has 2 aromatic carbocycles. The Balaban J connectivity index is 1.99. The maximum Gasteiger partial charge on any atom is 0.252 e. The summed E-state index contributed by atoms with van der Waals surface area (Å²) >= 11 is 0. The molecule has 0 aromatic heterocycles. The van der Waals surface area contributed by atoms with Crippen molar-refractivity contribution in [1.82, 2.24) is 10.6 Å². The number of rotatable bonds is 8. The number of anilines is 1. The Hall–Kier alpha value is -2.82. The Kier molecular flexibility index (Phi) is 7.82. The summed E-state index contributed by atoms with van der Waals surface area (Å²) in [6.07, 6.45) is 0.732. The number of carbonyl (C=O) groups is 2. The number of hydrogen-bond acceptors (Lipinski definition) is 3. The molecule has 2 aromatic rings. The van der Waals surface area contributed by atoms with Crippen LogP contribution in [0.5, 0.6) is 0 Å². The summed E-state index contributed by atoms with van der Waals surface area (Å²) in [4.78, 5) is 27.6. The third kappa shape index (κ3) is 6.34. The normalized spacial score (nSPS) is 12.9. The first-order valence-corrected chi connectivity index (χ1v) is 10.1. The second kappa shape index (κ2) is 10.1. The fourth-order valence-corrected chi connectivity index (χ4v) is 3.25. The van der Waals surface area contributed by atoms with Gasteiger partial charge in [0.05, 0.1) is 0 Å². The topological polar surface area (TPSA) is 61.4 Å². The standard InChI is InChI=1S/C24H33N3O2/c1-16(2)22(26-23(28)21-10-8-7-9-17(21)3)24(29)25-18(4)15-19-11-13-20(14-12-19)27(5)6/h7-14,16,18,22H,15H2,1-6H3,(H,25,29)(H,26,28). The SMILES string of the molecule is Cc1ccccc1C(=O)NC(C(=O)NC(C)Cc1ccc(N(C)C)cc1)C(C)C. The third-order valence-corrected chi connectivity index (χ3v) is 5.01. The van der Waals surface area contributed by atoms with Crippen molar-refractivity contribution in [1.29, 1.82) is 0 Å². The molecule has 0 aliphatic rings. The lowest BCUT2D eigenvalue weighted by atomic mass is 10.0. The van der Waals surface area contributed by atoms with Gasteiger partial charge in [-0.1, -0.05) is 44.2 Å². The molecule has 0 aliphatic carbocycles. The monoisotopic (exact) mass is 395 g/mol. The van der Waals surface area contributed by atoms with Crippen molar-refractivity contribution in [2.75, 3.05) is 19.0 Å². The molecule has 2 rings (SSSR count). The Morgan fingerprint density at radius 2 is 1.55 bits per heavy atom. The van der Waals surface area contributed by atoms with E-state index in [9.17, 15) is 9.59 Å². The Labute approximate surface area is 174 Å². The largest absolute Gasteiger partial charge is 0.378 e. The first-order chi connectivity index (χ1) is 13.7. The van der Waals surface area contributed by atoms with Crippen molar-refractivity contribution in [3.05, 3.63) is 65.2 Å². The molecule has 0 saturated carbocycles. The quantitative estimate of drug-likeness (QED) is 0.718. The summed E-state index contributed by atoms with van der Waals surface area (Å²) in [5.41, 5.74) is 3.79. The summed E-state index contributed by atoms with van der Waals surface area (Å²) in [6.45, 7) is 7.75. The number of aryl methyl sites for hydroxylation is 1. The van der Waals surface area contributed by atoms with E-state index in [1.54, 1.807) is 6.07 Å². The van der Waals surface area contributed by atoms with Gasteiger partial charge in [0.25, 0.3) is 5.91 Å². The van der Waals surface area contributed by atoms with Gasteiger partial charge in [-0.15, -0.1) is 0 Å². The molecule has 0 fully saturated rings. The van der Waals surface area contributed by atoms with Crippen LogP contribution in [0.2, 0.25) is 0 Å². The number of carbonyl (C=O) groups excluding carboxylic acids is 2. The van der Waals surface area contributed by atoms with Crippen LogP contribution in [0.25, 0.3) is 0 Å². The number of hydrogen-bond donors (Lipinski definition) is 2. The minimum Gasteiger partial charge on any atom is -0.378 e. The highest BCUT2D eigenvalue weighted by Gasteiger charge is 2.26. The Morgan fingerprint density at radius 3 is 2.10 bits per heavy atom. The van der Waals surface area contributed by atoms with Crippen molar-refractivity contribution in [3.63, 3.8) is 0 Å². The second-order valence-electron chi connectivity index (χ2n) is 8.18. The maximum absolute atomic E-state index is 12.8. The van der Waals surface area contributed by atoms with Crippen molar-refractivity contribution >= 4 is 17.5 Å². The zero-order valence-electron chi connectivity index (χ0n) is 18.3. The van der Waals surface area contributed by atoms with Crippen LogP contribution < -0.4 is 15.5 Å². The van der Waals surface area contributed by atoms with Crippen LogP contribution >= 0.6 is 0 Å². The van der Waals surface area contributed by atoms with Crippen LogP contribution in [0.4, 0.5) is 5.69 Å². The number of benzene rings is 2. The van der Waals surface area contributed by atoms with Gasteiger partial charge < -0.3 is 15.5 Å². The molecule has 0 spiro atoms. The number of nitrogens with one attached hydrogen (secondary N) is 2. The highest BCUT2D eigenvalue weighted by Crippen LogP contribution is 2.14. The van der Waals surface area contributed by atoms with Crippen LogP contribution in [0.15, 0.2) is 48.5 Å². The van der Waals surface area contributed by atoms with E-state index in [0.29, 0.717) is 5.56 Å². The summed E-state index contributed by atoms with van der Waals surface area (Å²) in [5.74, 6) is -0.391. The van der Waals surface area contributed by atoms with Crippen LogP contribution in [-0.4, -0.2) is 38.0 Å². The Morgan fingerprint density at radius 1 is 0.931 bits per heavy atom. The van der Waals surface area contributed by atoms with Crippen molar-refractivity contribution < 1.29 is 9.59 Å². The molecule has 2 atom stereocenters. The predicted octanol–water partition coefficient (Wildman–Crippen LogP) is 3.56. The lowest BCUT2D eigenvalue weighted by Gasteiger charge is -2.24. The van der Waals surface area contributed by atoms with Gasteiger partial charge in [0.2, 0.25) is 5.91 Å². The predicted molar refractivity (Wildman–Crippen MR) is 119 cm³/mol. The molecule has 0 bridgehead atoms. The molecule has 5 heteroatoms. The van der Waals surface area contributed by atoms with Gasteiger partial charge in [-0.25, -0.2) is 0 Å². The fraction of sp³-hybridized carbons (Fsp3) is 0.417. The van der Waals surface area contributed by atoms with Crippen molar-refractivity contribution in [2.45, 2.75) is 46.2 Å². The highest BCUT2D eigenvalue weighted by molar-refractivity contribution is 5.98. The molecule has 0 aliphatic heterocycles. The summed E-state index contributed by atoms with van der Waals surface area (Å²) in [5, 5.41) is 5.96. The van der Waals surface area contributed by atoms with Crippen LogP contribution in [-0.2, 0) is 11.2 Å². The van der Waals surface area contributed by atoms with E-state index in [-0.39, 0.29) is 23.8 Å². The van der Waals surface area contributed by atoms with Gasteiger partial charge in [-0.2, -0.15) is 0 Å². The average Bonchev–Trinajstić information content (AvgIpc) is 2.66. The van der Waals surface area contributed by atoms with Crippen molar-refractivity contribution in [3.8, 4) is 0 Å².